The van der Waals surface area contributed by atoms with Crippen molar-refractivity contribution in [2.24, 2.45) is 0 Å². The van der Waals surface area contributed by atoms with E-state index < -0.39 is 24.1 Å². The fourth-order valence-corrected chi connectivity index (χ4v) is 1.32. The lowest BCUT2D eigenvalue weighted by atomic mass is 10.1. The number of carbonyl (C=O) groups excluding carboxylic acids is 1. The molecule has 0 aliphatic rings. The van der Waals surface area contributed by atoms with Gasteiger partial charge in [-0.3, -0.25) is 4.79 Å². The summed E-state index contributed by atoms with van der Waals surface area (Å²) in [4.78, 5) is 11.8. The maximum absolute atomic E-state index is 13.0. The van der Waals surface area contributed by atoms with Gasteiger partial charge >= 0.3 is 6.61 Å². The lowest BCUT2D eigenvalue weighted by molar-refractivity contribution is -0.0503. The fourth-order valence-electron chi connectivity index (χ4n) is 1.32. The average Bonchev–Trinajstić information content (AvgIpc) is 2.35. The van der Waals surface area contributed by atoms with Gasteiger partial charge in [-0.15, -0.1) is 0 Å². The van der Waals surface area contributed by atoms with Gasteiger partial charge in [0.15, 0.2) is 0 Å². The SMILES string of the molecule is CNC(C)CNC(=O)c1ccc(F)cc1OC(F)F. The van der Waals surface area contributed by atoms with Gasteiger partial charge in [0, 0.05) is 18.7 Å². The summed E-state index contributed by atoms with van der Waals surface area (Å²) < 4.78 is 41.4. The summed E-state index contributed by atoms with van der Waals surface area (Å²) in [7, 11) is 1.72. The first-order valence-corrected chi connectivity index (χ1v) is 5.64. The minimum Gasteiger partial charge on any atom is -0.434 e. The minimum absolute atomic E-state index is 0.0175. The van der Waals surface area contributed by atoms with Crippen molar-refractivity contribution in [3.63, 3.8) is 0 Å². The number of likely N-dealkylation sites (N-methyl/N-ethyl adjacent to an activating group) is 1. The molecule has 0 heterocycles. The number of benzene rings is 1. The van der Waals surface area contributed by atoms with E-state index in [1.54, 1.807) is 7.05 Å². The lowest BCUT2D eigenvalue weighted by Crippen LogP contribution is -2.37. The molecule has 1 unspecified atom stereocenters. The molecule has 1 rings (SSSR count). The molecule has 0 spiro atoms. The van der Waals surface area contributed by atoms with E-state index in [1.165, 1.54) is 0 Å². The van der Waals surface area contributed by atoms with Gasteiger partial charge in [-0.25, -0.2) is 4.39 Å². The van der Waals surface area contributed by atoms with Crippen molar-refractivity contribution in [2.75, 3.05) is 13.6 Å². The number of hydrogen-bond donors (Lipinski definition) is 2. The number of rotatable bonds is 6. The van der Waals surface area contributed by atoms with Gasteiger partial charge in [0.2, 0.25) is 0 Å². The van der Waals surface area contributed by atoms with Gasteiger partial charge in [0.1, 0.15) is 11.6 Å². The van der Waals surface area contributed by atoms with Crippen LogP contribution in [0.5, 0.6) is 5.75 Å². The van der Waals surface area contributed by atoms with Gasteiger partial charge in [0.05, 0.1) is 5.56 Å². The first-order chi connectivity index (χ1) is 8.93. The zero-order chi connectivity index (χ0) is 14.4. The summed E-state index contributed by atoms with van der Waals surface area (Å²) in [6, 6.07) is 2.88. The molecule has 0 aliphatic carbocycles. The Bertz CT molecular complexity index is 441. The largest absolute Gasteiger partial charge is 0.434 e. The average molecular weight is 276 g/mol. The van der Waals surface area contributed by atoms with Crippen molar-refractivity contribution in [3.05, 3.63) is 29.6 Å². The molecular weight excluding hydrogens is 261 g/mol. The number of carbonyl (C=O) groups is 1. The van der Waals surface area contributed by atoms with E-state index in [0.717, 1.165) is 18.2 Å². The molecular formula is C12H15F3N2O2. The predicted octanol–water partition coefficient (Wildman–Crippen LogP) is 1.76. The summed E-state index contributed by atoms with van der Waals surface area (Å²) in [5.41, 5.74) is -0.134. The molecule has 2 N–H and O–H groups in total. The fraction of sp³-hybridized carbons (Fsp3) is 0.417. The van der Waals surface area contributed by atoms with Crippen LogP contribution in [0.3, 0.4) is 0 Å². The van der Waals surface area contributed by atoms with E-state index in [2.05, 4.69) is 15.4 Å². The maximum Gasteiger partial charge on any atom is 0.387 e. The van der Waals surface area contributed by atoms with Crippen LogP contribution < -0.4 is 15.4 Å². The van der Waals surface area contributed by atoms with Crippen LogP contribution in [0.25, 0.3) is 0 Å². The number of ether oxygens (including phenoxy) is 1. The third kappa shape index (κ3) is 4.78. The summed E-state index contributed by atoms with van der Waals surface area (Å²) >= 11 is 0. The smallest absolute Gasteiger partial charge is 0.387 e. The molecule has 4 nitrogen and oxygen atoms in total. The maximum atomic E-state index is 13.0. The quantitative estimate of drug-likeness (QED) is 0.832. The van der Waals surface area contributed by atoms with Crippen LogP contribution in [0.1, 0.15) is 17.3 Å². The van der Waals surface area contributed by atoms with E-state index in [-0.39, 0.29) is 11.6 Å². The number of alkyl halides is 2. The number of nitrogens with one attached hydrogen (secondary N) is 2. The standard InChI is InChI=1S/C12H15F3N2O2/c1-7(16-2)6-17-11(18)9-4-3-8(13)5-10(9)19-12(14)15/h3-5,7,12,16H,6H2,1-2H3,(H,17,18). The molecule has 0 bridgehead atoms. The van der Waals surface area contributed by atoms with E-state index >= 15 is 0 Å². The summed E-state index contributed by atoms with van der Waals surface area (Å²) in [5, 5.41) is 5.44. The summed E-state index contributed by atoms with van der Waals surface area (Å²) in [6.07, 6.45) is 0. The van der Waals surface area contributed by atoms with E-state index in [0.29, 0.717) is 6.54 Å². The Kier molecular flexibility index (Phi) is 5.62. The highest BCUT2D eigenvalue weighted by molar-refractivity contribution is 5.96. The Hall–Kier alpha value is -1.76. The van der Waals surface area contributed by atoms with Crippen LogP contribution in [0.2, 0.25) is 0 Å². The van der Waals surface area contributed by atoms with Crippen molar-refractivity contribution >= 4 is 5.91 Å². The molecule has 1 aromatic carbocycles. The molecule has 1 aromatic rings. The lowest BCUT2D eigenvalue weighted by Gasteiger charge is -2.13. The zero-order valence-corrected chi connectivity index (χ0v) is 10.5. The Morgan fingerprint density at radius 1 is 1.42 bits per heavy atom. The van der Waals surface area contributed by atoms with Crippen molar-refractivity contribution in [1.82, 2.24) is 10.6 Å². The van der Waals surface area contributed by atoms with Gasteiger partial charge < -0.3 is 15.4 Å². The summed E-state index contributed by atoms with van der Waals surface area (Å²) in [5.74, 6) is -1.84. The molecule has 0 saturated carbocycles. The van der Waals surface area contributed by atoms with Gasteiger partial charge in [0.25, 0.3) is 5.91 Å². The molecule has 0 fully saturated rings. The zero-order valence-electron chi connectivity index (χ0n) is 10.5. The molecule has 0 saturated heterocycles. The van der Waals surface area contributed by atoms with Gasteiger partial charge in [-0.05, 0) is 26.1 Å². The molecule has 106 valence electrons. The first-order valence-electron chi connectivity index (χ1n) is 5.64. The molecule has 0 radical (unpaired) electrons. The first kappa shape index (κ1) is 15.3. The van der Waals surface area contributed by atoms with Crippen LogP contribution in [0.15, 0.2) is 18.2 Å². The van der Waals surface area contributed by atoms with Gasteiger partial charge in [-0.2, -0.15) is 8.78 Å². The highest BCUT2D eigenvalue weighted by atomic mass is 19.3. The van der Waals surface area contributed by atoms with Crippen LogP contribution in [0.4, 0.5) is 13.2 Å². The number of amides is 1. The van der Waals surface area contributed by atoms with Crippen molar-refractivity contribution in [1.29, 1.82) is 0 Å². The second-order valence-corrected chi connectivity index (χ2v) is 3.92. The van der Waals surface area contributed by atoms with Crippen LogP contribution in [-0.4, -0.2) is 32.2 Å². The van der Waals surface area contributed by atoms with Crippen LogP contribution >= 0.6 is 0 Å². The highest BCUT2D eigenvalue weighted by Gasteiger charge is 2.17. The Morgan fingerprint density at radius 3 is 2.68 bits per heavy atom. The van der Waals surface area contributed by atoms with Crippen LogP contribution in [-0.2, 0) is 0 Å². The third-order valence-corrected chi connectivity index (χ3v) is 2.47. The van der Waals surface area contributed by atoms with E-state index in [1.807, 2.05) is 6.92 Å². The molecule has 7 heteroatoms. The van der Waals surface area contributed by atoms with Crippen molar-refractivity contribution in [2.45, 2.75) is 19.6 Å². The monoisotopic (exact) mass is 276 g/mol. The molecule has 0 aromatic heterocycles. The Balaban J connectivity index is 2.83. The summed E-state index contributed by atoms with van der Waals surface area (Å²) in [6.45, 7) is -0.980. The number of halogens is 3. The Morgan fingerprint density at radius 2 is 2.11 bits per heavy atom. The number of hydrogen-bond acceptors (Lipinski definition) is 3. The third-order valence-electron chi connectivity index (χ3n) is 2.47. The van der Waals surface area contributed by atoms with E-state index in [9.17, 15) is 18.0 Å². The van der Waals surface area contributed by atoms with Crippen LogP contribution in [0, 0.1) is 5.82 Å². The minimum atomic E-state index is -3.12. The molecule has 0 aliphatic heterocycles. The normalized spacial score (nSPS) is 12.3. The molecule has 1 atom stereocenters. The highest BCUT2D eigenvalue weighted by Crippen LogP contribution is 2.21. The second-order valence-electron chi connectivity index (χ2n) is 3.92. The topological polar surface area (TPSA) is 50.4 Å². The molecule has 1 amide bonds. The Labute approximate surface area is 108 Å². The molecule has 19 heavy (non-hydrogen) atoms. The predicted molar refractivity (Wildman–Crippen MR) is 63.9 cm³/mol. The second kappa shape index (κ2) is 6.98. The van der Waals surface area contributed by atoms with Crippen molar-refractivity contribution in [3.8, 4) is 5.75 Å². The van der Waals surface area contributed by atoms with Crippen molar-refractivity contribution < 1.29 is 22.7 Å². The van der Waals surface area contributed by atoms with E-state index in [4.69, 9.17) is 0 Å². The van der Waals surface area contributed by atoms with Gasteiger partial charge in [-0.1, -0.05) is 0 Å².